The largest absolute Gasteiger partial charge is 0.138 e. The first-order valence-electron chi connectivity index (χ1n) is 2.27. The molecule has 0 heterocycles. The topological polar surface area (TPSA) is 0 Å². The van der Waals surface area contributed by atoms with E-state index in [0.717, 1.165) is 12.6 Å². The second-order valence-electron chi connectivity index (χ2n) is 1.40. The minimum absolute atomic E-state index is 0.398. The summed E-state index contributed by atoms with van der Waals surface area (Å²) in [7, 11) is 8.07. The van der Waals surface area contributed by atoms with Gasteiger partial charge in [0.1, 0.15) is 0 Å². The van der Waals surface area contributed by atoms with E-state index in [1.165, 1.54) is 0 Å². The number of rotatable bonds is 2. The Morgan fingerprint density at radius 1 is 1.83 bits per heavy atom. The van der Waals surface area contributed by atoms with E-state index >= 15 is 0 Å². The molecule has 0 fully saturated rings. The van der Waals surface area contributed by atoms with Gasteiger partial charge >= 0.3 is 0 Å². The summed E-state index contributed by atoms with van der Waals surface area (Å²) < 4.78 is 0. The highest BCUT2D eigenvalue weighted by molar-refractivity contribution is 7.16. The fourth-order valence-electron chi connectivity index (χ4n) is 0.167. The van der Waals surface area contributed by atoms with Crippen LogP contribution < -0.4 is 0 Å². The van der Waals surface area contributed by atoms with Crippen molar-refractivity contribution in [3.63, 3.8) is 0 Å². The van der Waals surface area contributed by atoms with Crippen molar-refractivity contribution in [2.24, 2.45) is 0 Å². The van der Waals surface area contributed by atoms with Gasteiger partial charge in [0.2, 0.25) is 0 Å². The van der Waals surface area contributed by atoms with Crippen molar-refractivity contribution in [2.45, 2.75) is 19.2 Å². The Hall–Kier alpha value is 0.495. The minimum atomic E-state index is 0.398. The highest BCUT2D eigenvalue weighted by Crippen LogP contribution is 2.06. The molecule has 0 rings (SSSR count). The molecule has 6 heavy (non-hydrogen) atoms. The van der Waals surface area contributed by atoms with Crippen molar-refractivity contribution in [1.82, 2.24) is 0 Å². The fourth-order valence-corrected chi connectivity index (χ4v) is 0.500. The van der Waals surface area contributed by atoms with E-state index in [-0.39, 0.29) is 0 Å². The quantitative estimate of drug-likeness (QED) is 0.361. The molecule has 0 amide bonds. The molecule has 0 aliphatic heterocycles. The average Bonchev–Trinajstić information content (AvgIpc) is 1.65. The maximum Gasteiger partial charge on any atom is 0.0703 e. The lowest BCUT2D eigenvalue weighted by Gasteiger charge is -1.99. The van der Waals surface area contributed by atoms with Crippen LogP contribution in [0.3, 0.4) is 0 Å². The Bertz CT molecular complexity index is 26.7. The van der Waals surface area contributed by atoms with E-state index in [9.17, 15) is 0 Å². The van der Waals surface area contributed by atoms with E-state index in [1.807, 2.05) is 0 Å². The van der Waals surface area contributed by atoms with Gasteiger partial charge in [-0.1, -0.05) is 19.2 Å². The average molecular weight is 99.9 g/mol. The Kier molecular flexibility index (Phi) is 3.98. The molecule has 2 radical (unpaired) electrons. The first-order chi connectivity index (χ1) is 2.81. The third-order valence-corrected chi connectivity index (χ3v) is 1.43. The summed E-state index contributed by atoms with van der Waals surface area (Å²) in [5.74, 6) is 0.398. The summed E-state index contributed by atoms with van der Waals surface area (Å²) in [6, 6.07) is 0. The second kappa shape index (κ2) is 3.68. The Morgan fingerprint density at radius 2 is 2.33 bits per heavy atom. The van der Waals surface area contributed by atoms with Crippen molar-refractivity contribution in [3.05, 3.63) is 0 Å². The van der Waals surface area contributed by atoms with Crippen LogP contribution in [-0.4, -0.2) is 14.0 Å². The van der Waals surface area contributed by atoms with Crippen LogP contribution in [0.2, 0.25) is 5.82 Å². The smallest absolute Gasteiger partial charge is 0.0703 e. The van der Waals surface area contributed by atoms with Crippen LogP contribution in [0.4, 0.5) is 0 Å². The molecule has 0 N–H and O–H groups in total. The normalized spacial score (nSPS) is 14.3. The van der Waals surface area contributed by atoms with E-state index in [1.54, 1.807) is 0 Å². The molecule has 0 spiro atoms. The summed E-state index contributed by atoms with van der Waals surface area (Å²) in [5.41, 5.74) is 0. The molecule has 2 atom stereocenters. The highest BCUT2D eigenvalue weighted by Gasteiger charge is 1.88. The molecule has 0 nitrogen and oxygen atoms in total. The summed E-state index contributed by atoms with van der Waals surface area (Å²) in [5, 5.41) is 0. The van der Waals surface area contributed by atoms with Crippen LogP contribution in [0.15, 0.2) is 0 Å². The molecular formula is C4H10BP. The zero-order valence-electron chi connectivity index (χ0n) is 4.15. The van der Waals surface area contributed by atoms with Gasteiger partial charge in [0.25, 0.3) is 0 Å². The molecule has 0 aromatic heterocycles. The van der Waals surface area contributed by atoms with Crippen molar-refractivity contribution < 1.29 is 0 Å². The van der Waals surface area contributed by atoms with Gasteiger partial charge in [-0.25, -0.2) is 0 Å². The molecule has 0 aliphatic rings. The maximum atomic E-state index is 5.45. The van der Waals surface area contributed by atoms with Gasteiger partial charge in [-0.2, -0.15) is 0 Å². The summed E-state index contributed by atoms with van der Waals surface area (Å²) in [4.78, 5) is 0. The molecule has 0 saturated carbocycles. The van der Waals surface area contributed by atoms with Gasteiger partial charge in [-0.3, -0.25) is 0 Å². The predicted molar refractivity (Wildman–Crippen MR) is 34.4 cm³/mol. The Balaban J connectivity index is 2.75. The van der Waals surface area contributed by atoms with Crippen molar-refractivity contribution in [1.29, 1.82) is 0 Å². The summed E-state index contributed by atoms with van der Waals surface area (Å²) >= 11 is 0. The van der Waals surface area contributed by atoms with E-state index in [4.69, 9.17) is 7.85 Å². The summed E-state index contributed by atoms with van der Waals surface area (Å²) in [6.45, 7) is 2.09. The number of hydrogen-bond acceptors (Lipinski definition) is 0. The molecule has 0 aromatic rings. The maximum absolute atomic E-state index is 5.45. The molecule has 2 heteroatoms. The molecule has 0 aromatic carbocycles. The van der Waals surface area contributed by atoms with Crippen LogP contribution in [-0.2, 0) is 0 Å². The minimum Gasteiger partial charge on any atom is -0.138 e. The van der Waals surface area contributed by atoms with Crippen LogP contribution in [0, 0.1) is 0 Å². The van der Waals surface area contributed by atoms with E-state index < -0.39 is 0 Å². The second-order valence-corrected chi connectivity index (χ2v) is 1.88. The SMILES string of the molecule is [B]C(CC)CP. The van der Waals surface area contributed by atoms with Gasteiger partial charge < -0.3 is 0 Å². The van der Waals surface area contributed by atoms with Crippen LogP contribution in [0.1, 0.15) is 13.3 Å². The first-order valence-corrected chi connectivity index (χ1v) is 3.08. The van der Waals surface area contributed by atoms with Crippen LogP contribution >= 0.6 is 9.24 Å². The molecule has 0 bridgehead atoms. The first kappa shape index (κ1) is 6.49. The van der Waals surface area contributed by atoms with Crippen LogP contribution in [0.5, 0.6) is 0 Å². The van der Waals surface area contributed by atoms with Gasteiger partial charge in [0, 0.05) is 0 Å². The predicted octanol–water partition coefficient (Wildman–Crippen LogP) is 1.23. The third kappa shape index (κ3) is 2.72. The van der Waals surface area contributed by atoms with Crippen molar-refractivity contribution in [2.75, 3.05) is 6.16 Å². The molecule has 0 saturated heterocycles. The zero-order chi connectivity index (χ0) is 4.99. The van der Waals surface area contributed by atoms with Gasteiger partial charge in [0.15, 0.2) is 0 Å². The lowest BCUT2D eigenvalue weighted by atomic mass is 9.87. The van der Waals surface area contributed by atoms with Gasteiger partial charge in [-0.15, -0.1) is 9.24 Å². The van der Waals surface area contributed by atoms with Crippen molar-refractivity contribution >= 4 is 17.1 Å². The number of hydrogen-bond donors (Lipinski definition) is 0. The lowest BCUT2D eigenvalue weighted by Crippen LogP contribution is -1.87. The van der Waals surface area contributed by atoms with Crippen molar-refractivity contribution in [3.8, 4) is 0 Å². The molecular weight excluding hydrogens is 89.8 g/mol. The Morgan fingerprint density at radius 3 is 2.33 bits per heavy atom. The van der Waals surface area contributed by atoms with E-state index in [0.29, 0.717) is 5.82 Å². The molecule has 0 aliphatic carbocycles. The van der Waals surface area contributed by atoms with Gasteiger partial charge in [0.05, 0.1) is 7.85 Å². The summed E-state index contributed by atoms with van der Waals surface area (Å²) in [6.07, 6.45) is 2.11. The zero-order valence-corrected chi connectivity index (χ0v) is 5.30. The fraction of sp³-hybridized carbons (Fsp3) is 1.00. The third-order valence-electron chi connectivity index (χ3n) is 0.827. The van der Waals surface area contributed by atoms with Gasteiger partial charge in [-0.05, 0) is 6.16 Å². The van der Waals surface area contributed by atoms with Crippen LogP contribution in [0.25, 0.3) is 0 Å². The monoisotopic (exact) mass is 100 g/mol. The van der Waals surface area contributed by atoms with E-state index in [2.05, 4.69) is 16.2 Å². The Labute approximate surface area is 43.3 Å². The lowest BCUT2D eigenvalue weighted by molar-refractivity contribution is 0.891. The standard InChI is InChI=1S/C4H10BP/c1-2-4(5)3-6/h4H,2-3,6H2,1H3. The molecule has 2 unspecified atom stereocenters. The highest BCUT2D eigenvalue weighted by atomic mass is 31.0. The molecule has 34 valence electrons.